The zero-order valence-electron chi connectivity index (χ0n) is 9.84. The molecule has 0 bridgehead atoms. The molecule has 0 aromatic rings. The Labute approximate surface area is 87.7 Å². The first-order chi connectivity index (χ1) is 6.49. The Kier molecular flexibility index (Phi) is 6.52. The van der Waals surface area contributed by atoms with Crippen molar-refractivity contribution in [2.45, 2.75) is 39.7 Å². The monoisotopic (exact) mass is 198 g/mol. The molecule has 0 aliphatic heterocycles. The highest BCUT2D eigenvalue weighted by Crippen LogP contribution is 2.06. The van der Waals surface area contributed by atoms with Gasteiger partial charge in [0, 0.05) is 6.54 Å². The standard InChI is InChI=1S/C11H22N2O/c1-5-7-13(8-6-12)9-10-14-11(2,3)4/h5,7-10H2,1-4H3. The topological polar surface area (TPSA) is 36.3 Å². The van der Waals surface area contributed by atoms with Crippen LogP contribution >= 0.6 is 0 Å². The van der Waals surface area contributed by atoms with Gasteiger partial charge >= 0.3 is 0 Å². The predicted octanol–water partition coefficient (Wildman–Crippen LogP) is 2.04. The highest BCUT2D eigenvalue weighted by Gasteiger charge is 2.10. The quantitative estimate of drug-likeness (QED) is 0.613. The average molecular weight is 198 g/mol. The van der Waals surface area contributed by atoms with Gasteiger partial charge in [-0.15, -0.1) is 0 Å². The summed E-state index contributed by atoms with van der Waals surface area (Å²) in [6.45, 7) is 11.3. The average Bonchev–Trinajstić information content (AvgIpc) is 2.02. The molecule has 0 amide bonds. The first-order valence-electron chi connectivity index (χ1n) is 5.23. The fourth-order valence-corrected chi connectivity index (χ4v) is 1.17. The van der Waals surface area contributed by atoms with E-state index in [4.69, 9.17) is 10.00 Å². The maximum absolute atomic E-state index is 8.59. The molecule has 0 saturated carbocycles. The molecule has 3 nitrogen and oxygen atoms in total. The minimum Gasteiger partial charge on any atom is -0.375 e. The lowest BCUT2D eigenvalue weighted by atomic mass is 10.2. The fraction of sp³-hybridized carbons (Fsp3) is 0.909. The summed E-state index contributed by atoms with van der Waals surface area (Å²) in [7, 11) is 0. The van der Waals surface area contributed by atoms with Crippen molar-refractivity contribution in [2.24, 2.45) is 0 Å². The number of hydrogen-bond acceptors (Lipinski definition) is 3. The van der Waals surface area contributed by atoms with E-state index in [-0.39, 0.29) is 5.60 Å². The second-order valence-electron chi connectivity index (χ2n) is 4.40. The molecule has 0 heterocycles. The van der Waals surface area contributed by atoms with Gasteiger partial charge in [-0.25, -0.2) is 0 Å². The van der Waals surface area contributed by atoms with Crippen molar-refractivity contribution in [1.82, 2.24) is 4.90 Å². The van der Waals surface area contributed by atoms with Crippen LogP contribution in [0.15, 0.2) is 0 Å². The van der Waals surface area contributed by atoms with Crippen molar-refractivity contribution < 1.29 is 4.74 Å². The van der Waals surface area contributed by atoms with E-state index in [0.717, 1.165) is 19.5 Å². The highest BCUT2D eigenvalue weighted by molar-refractivity contribution is 4.76. The molecule has 0 rings (SSSR count). The number of ether oxygens (including phenoxy) is 1. The molecule has 0 unspecified atom stereocenters. The lowest BCUT2D eigenvalue weighted by Gasteiger charge is -2.23. The molecule has 3 heteroatoms. The van der Waals surface area contributed by atoms with Gasteiger partial charge in [-0.2, -0.15) is 5.26 Å². The number of hydrogen-bond donors (Lipinski definition) is 0. The van der Waals surface area contributed by atoms with Crippen LogP contribution in [0.5, 0.6) is 0 Å². The van der Waals surface area contributed by atoms with Crippen LogP contribution in [-0.2, 0) is 4.74 Å². The normalized spacial score (nSPS) is 11.7. The molecular formula is C11H22N2O. The molecule has 0 atom stereocenters. The maximum atomic E-state index is 8.59. The minimum atomic E-state index is -0.0788. The van der Waals surface area contributed by atoms with Crippen molar-refractivity contribution in [2.75, 3.05) is 26.2 Å². The van der Waals surface area contributed by atoms with Crippen LogP contribution in [0.1, 0.15) is 34.1 Å². The minimum absolute atomic E-state index is 0.0788. The molecule has 0 spiro atoms. The molecule has 0 fully saturated rings. The highest BCUT2D eigenvalue weighted by atomic mass is 16.5. The van der Waals surface area contributed by atoms with E-state index in [9.17, 15) is 0 Å². The molecule has 0 aliphatic rings. The van der Waals surface area contributed by atoms with E-state index < -0.39 is 0 Å². The van der Waals surface area contributed by atoms with Crippen LogP contribution in [-0.4, -0.2) is 36.7 Å². The van der Waals surface area contributed by atoms with Gasteiger partial charge in [0.05, 0.1) is 24.8 Å². The van der Waals surface area contributed by atoms with Gasteiger partial charge in [0.25, 0.3) is 0 Å². The van der Waals surface area contributed by atoms with Crippen LogP contribution in [0.25, 0.3) is 0 Å². The Morgan fingerprint density at radius 2 is 1.93 bits per heavy atom. The van der Waals surface area contributed by atoms with Crippen LogP contribution in [0.2, 0.25) is 0 Å². The Bertz CT molecular complexity index is 179. The van der Waals surface area contributed by atoms with Crippen molar-refractivity contribution in [3.63, 3.8) is 0 Å². The van der Waals surface area contributed by atoms with Crippen molar-refractivity contribution in [3.8, 4) is 6.07 Å². The molecule has 0 saturated heterocycles. The zero-order chi connectivity index (χ0) is 11.0. The lowest BCUT2D eigenvalue weighted by Crippen LogP contribution is -2.31. The summed E-state index contributed by atoms with van der Waals surface area (Å²) in [5, 5.41) is 8.59. The molecule has 0 radical (unpaired) electrons. The van der Waals surface area contributed by atoms with Gasteiger partial charge in [0.15, 0.2) is 0 Å². The first-order valence-corrected chi connectivity index (χ1v) is 5.23. The van der Waals surface area contributed by atoms with Gasteiger partial charge in [-0.05, 0) is 33.7 Å². The van der Waals surface area contributed by atoms with Crippen LogP contribution in [0, 0.1) is 11.3 Å². The van der Waals surface area contributed by atoms with E-state index in [1.807, 2.05) is 20.8 Å². The van der Waals surface area contributed by atoms with Crippen LogP contribution in [0.3, 0.4) is 0 Å². The molecule has 0 aliphatic carbocycles. The van der Waals surface area contributed by atoms with E-state index >= 15 is 0 Å². The Morgan fingerprint density at radius 3 is 2.36 bits per heavy atom. The molecule has 0 aromatic heterocycles. The van der Waals surface area contributed by atoms with Crippen molar-refractivity contribution in [1.29, 1.82) is 5.26 Å². The molecule has 0 N–H and O–H groups in total. The molecular weight excluding hydrogens is 176 g/mol. The summed E-state index contributed by atoms with van der Waals surface area (Å²) in [6, 6.07) is 2.17. The predicted molar refractivity (Wildman–Crippen MR) is 58.0 cm³/mol. The van der Waals surface area contributed by atoms with E-state index in [1.54, 1.807) is 0 Å². The van der Waals surface area contributed by atoms with Gasteiger partial charge in [0.1, 0.15) is 0 Å². The number of nitriles is 1. The second-order valence-corrected chi connectivity index (χ2v) is 4.40. The fourth-order valence-electron chi connectivity index (χ4n) is 1.17. The third-order valence-electron chi connectivity index (χ3n) is 1.78. The van der Waals surface area contributed by atoms with E-state index in [0.29, 0.717) is 13.2 Å². The SMILES string of the molecule is CCCN(CC#N)CCOC(C)(C)C. The largest absolute Gasteiger partial charge is 0.375 e. The van der Waals surface area contributed by atoms with Gasteiger partial charge < -0.3 is 4.74 Å². The van der Waals surface area contributed by atoms with Crippen molar-refractivity contribution >= 4 is 0 Å². The third-order valence-corrected chi connectivity index (χ3v) is 1.78. The zero-order valence-corrected chi connectivity index (χ0v) is 9.84. The van der Waals surface area contributed by atoms with Gasteiger partial charge in [-0.1, -0.05) is 6.92 Å². The van der Waals surface area contributed by atoms with E-state index in [2.05, 4.69) is 17.9 Å². The third kappa shape index (κ3) is 8.03. The Hall–Kier alpha value is -0.590. The Morgan fingerprint density at radius 1 is 1.29 bits per heavy atom. The Balaban J connectivity index is 3.66. The smallest absolute Gasteiger partial charge is 0.0866 e. The van der Waals surface area contributed by atoms with Crippen LogP contribution < -0.4 is 0 Å². The summed E-state index contributed by atoms with van der Waals surface area (Å²) < 4.78 is 5.60. The van der Waals surface area contributed by atoms with Crippen LogP contribution in [0.4, 0.5) is 0 Å². The summed E-state index contributed by atoms with van der Waals surface area (Å²) in [4.78, 5) is 2.12. The van der Waals surface area contributed by atoms with Gasteiger partial charge in [-0.3, -0.25) is 4.90 Å². The van der Waals surface area contributed by atoms with Crippen molar-refractivity contribution in [3.05, 3.63) is 0 Å². The maximum Gasteiger partial charge on any atom is 0.0866 e. The molecule has 0 aromatic carbocycles. The summed E-state index contributed by atoms with van der Waals surface area (Å²) >= 11 is 0. The number of nitrogens with zero attached hydrogens (tertiary/aromatic N) is 2. The van der Waals surface area contributed by atoms with Gasteiger partial charge in [0.2, 0.25) is 0 Å². The van der Waals surface area contributed by atoms with E-state index in [1.165, 1.54) is 0 Å². The lowest BCUT2D eigenvalue weighted by molar-refractivity contribution is -0.0118. The first kappa shape index (κ1) is 13.4. The summed E-state index contributed by atoms with van der Waals surface area (Å²) in [5.41, 5.74) is -0.0788. The summed E-state index contributed by atoms with van der Waals surface area (Å²) in [6.07, 6.45) is 1.08. The molecule has 14 heavy (non-hydrogen) atoms. The molecule has 82 valence electrons. The second kappa shape index (κ2) is 6.80. The number of rotatable bonds is 6. The summed E-state index contributed by atoms with van der Waals surface area (Å²) in [5.74, 6) is 0.